The maximum Gasteiger partial charge on any atom is 0.0812 e. The van der Waals surface area contributed by atoms with Gasteiger partial charge in [0.1, 0.15) is 0 Å². The molecule has 2 nitrogen and oxygen atoms in total. The van der Waals surface area contributed by atoms with Crippen molar-refractivity contribution in [3.8, 4) is 0 Å². The lowest BCUT2D eigenvalue weighted by Gasteiger charge is -2.60. The first kappa shape index (κ1) is 15.0. The van der Waals surface area contributed by atoms with Crippen molar-refractivity contribution >= 4 is 17.8 Å². The number of nitrogens with two attached hydrogens (primary N) is 1. The molecule has 4 rings (SSSR count). The van der Waals surface area contributed by atoms with Gasteiger partial charge in [-0.3, -0.25) is 0 Å². The molecule has 4 heteroatoms. The molecule has 2 aromatic carbocycles. The summed E-state index contributed by atoms with van der Waals surface area (Å²) in [5, 5.41) is 0. The van der Waals surface area contributed by atoms with Gasteiger partial charge in [0, 0.05) is 35.6 Å². The van der Waals surface area contributed by atoms with Crippen molar-refractivity contribution in [2.75, 3.05) is 18.0 Å². The summed E-state index contributed by atoms with van der Waals surface area (Å²) < 4.78 is 12.5. The number of nitrogens with zero attached hydrogens (tertiary/aromatic N) is 1. The third-order valence-electron chi connectivity index (χ3n) is 5.39. The molecule has 2 aliphatic rings. The van der Waals surface area contributed by atoms with Crippen LogP contribution in [0.5, 0.6) is 0 Å². The highest BCUT2D eigenvalue weighted by molar-refractivity contribution is 7.94. The van der Waals surface area contributed by atoms with E-state index in [9.17, 15) is 3.89 Å². The van der Waals surface area contributed by atoms with Gasteiger partial charge >= 0.3 is 0 Å². The molecule has 0 bridgehead atoms. The Morgan fingerprint density at radius 3 is 2.26 bits per heavy atom. The van der Waals surface area contributed by atoms with E-state index in [2.05, 4.69) is 41.3 Å². The van der Waals surface area contributed by atoms with Crippen LogP contribution in [0.2, 0.25) is 0 Å². The summed E-state index contributed by atoms with van der Waals surface area (Å²) in [6, 6.07) is 16.5. The molecule has 0 aromatic heterocycles. The molecule has 2 N–H and O–H groups in total. The van der Waals surface area contributed by atoms with Crippen LogP contribution in [0.4, 0.5) is 9.57 Å². The van der Waals surface area contributed by atoms with Crippen LogP contribution in [0.1, 0.15) is 29.9 Å². The van der Waals surface area contributed by atoms with Gasteiger partial charge in [-0.05, 0) is 54.2 Å². The van der Waals surface area contributed by atoms with Crippen molar-refractivity contribution < 1.29 is 3.89 Å². The molecule has 0 radical (unpaired) electrons. The van der Waals surface area contributed by atoms with E-state index in [0.29, 0.717) is 34.9 Å². The second kappa shape index (κ2) is 5.84. The molecule has 1 aliphatic carbocycles. The van der Waals surface area contributed by atoms with E-state index in [1.165, 1.54) is 29.7 Å². The first-order valence-electron chi connectivity index (χ1n) is 8.14. The molecule has 0 amide bonds. The van der Waals surface area contributed by atoms with Crippen molar-refractivity contribution in [2.45, 2.75) is 30.2 Å². The van der Waals surface area contributed by atoms with Crippen molar-refractivity contribution in [3.05, 3.63) is 59.7 Å². The molecule has 1 saturated carbocycles. The molecular weight excluding hydrogens is 307 g/mol. The molecule has 120 valence electrons. The van der Waals surface area contributed by atoms with Crippen LogP contribution in [0, 0.1) is 5.41 Å². The minimum Gasteiger partial charge on any atom is -0.370 e. The van der Waals surface area contributed by atoms with Gasteiger partial charge < -0.3 is 10.6 Å². The minimum atomic E-state index is 0.316. The Morgan fingerprint density at radius 2 is 1.70 bits per heavy atom. The van der Waals surface area contributed by atoms with E-state index >= 15 is 0 Å². The second-order valence-electron chi connectivity index (χ2n) is 6.98. The van der Waals surface area contributed by atoms with Crippen LogP contribution in [-0.2, 0) is 6.54 Å². The zero-order valence-corrected chi connectivity index (χ0v) is 13.9. The quantitative estimate of drug-likeness (QED) is 0.895. The summed E-state index contributed by atoms with van der Waals surface area (Å²) in [4.78, 5) is 3.15. The molecule has 1 heterocycles. The maximum atomic E-state index is 12.5. The molecule has 0 atom stereocenters. The Morgan fingerprint density at radius 1 is 1.04 bits per heavy atom. The second-order valence-corrected chi connectivity index (χ2v) is 7.60. The SMILES string of the molecule is NCc1ccc(N2CC3(CC(c4ccc(SF)cc4)C3)C2)cc1. The van der Waals surface area contributed by atoms with E-state index in [-0.39, 0.29) is 0 Å². The largest absolute Gasteiger partial charge is 0.370 e. The van der Waals surface area contributed by atoms with Gasteiger partial charge in [-0.2, -0.15) is 3.89 Å². The van der Waals surface area contributed by atoms with E-state index in [0.717, 1.165) is 13.1 Å². The summed E-state index contributed by atoms with van der Waals surface area (Å²) >= 11 is 0.316. The van der Waals surface area contributed by atoms with Gasteiger partial charge in [-0.25, -0.2) is 0 Å². The monoisotopic (exact) mass is 328 g/mol. The lowest BCUT2D eigenvalue weighted by molar-refractivity contribution is 0.0633. The van der Waals surface area contributed by atoms with Crippen molar-refractivity contribution in [3.63, 3.8) is 0 Å². The van der Waals surface area contributed by atoms with Gasteiger partial charge in [0.05, 0.1) is 12.1 Å². The fourth-order valence-corrected chi connectivity index (χ4v) is 4.30. The average molecular weight is 328 g/mol. The van der Waals surface area contributed by atoms with Crippen molar-refractivity contribution in [2.24, 2.45) is 11.1 Å². The van der Waals surface area contributed by atoms with Crippen molar-refractivity contribution in [1.82, 2.24) is 0 Å². The van der Waals surface area contributed by atoms with E-state index in [4.69, 9.17) is 5.73 Å². The topological polar surface area (TPSA) is 29.3 Å². The van der Waals surface area contributed by atoms with E-state index in [1.807, 2.05) is 12.1 Å². The van der Waals surface area contributed by atoms with Gasteiger partial charge in [-0.15, -0.1) is 0 Å². The predicted molar refractivity (Wildman–Crippen MR) is 94.4 cm³/mol. The number of halogens is 1. The molecule has 0 unspecified atom stereocenters. The first-order valence-corrected chi connectivity index (χ1v) is 8.86. The highest BCUT2D eigenvalue weighted by Gasteiger charge is 2.52. The van der Waals surface area contributed by atoms with Crippen molar-refractivity contribution in [1.29, 1.82) is 0 Å². The van der Waals surface area contributed by atoms with E-state index < -0.39 is 0 Å². The Bertz CT molecular complexity index is 607. The van der Waals surface area contributed by atoms with Gasteiger partial charge in [0.25, 0.3) is 0 Å². The fraction of sp³-hybridized carbons (Fsp3) is 0.368. The smallest absolute Gasteiger partial charge is 0.0812 e. The number of benzene rings is 2. The third kappa shape index (κ3) is 2.74. The van der Waals surface area contributed by atoms with Gasteiger partial charge in [-0.1, -0.05) is 24.3 Å². The zero-order chi connectivity index (χ0) is 15.9. The molecule has 1 saturated heterocycles. The summed E-state index contributed by atoms with van der Waals surface area (Å²) in [6.45, 7) is 2.92. The van der Waals surface area contributed by atoms with Crippen LogP contribution >= 0.6 is 12.1 Å². The molecule has 2 aromatic rings. The molecule has 23 heavy (non-hydrogen) atoms. The number of rotatable bonds is 4. The summed E-state index contributed by atoms with van der Waals surface area (Å²) in [5.74, 6) is 0.649. The van der Waals surface area contributed by atoms with Crippen LogP contribution in [0.3, 0.4) is 0 Å². The highest BCUT2D eigenvalue weighted by atomic mass is 32.2. The average Bonchev–Trinajstić information content (AvgIpc) is 2.53. The maximum absolute atomic E-state index is 12.5. The van der Waals surface area contributed by atoms with Gasteiger partial charge in [0.2, 0.25) is 0 Å². The Kier molecular flexibility index (Phi) is 3.82. The number of hydrogen-bond donors (Lipinski definition) is 1. The lowest BCUT2D eigenvalue weighted by atomic mass is 9.56. The minimum absolute atomic E-state index is 0.316. The summed E-state index contributed by atoms with van der Waals surface area (Å²) in [6.07, 6.45) is 2.51. The highest BCUT2D eigenvalue weighted by Crippen LogP contribution is 2.56. The summed E-state index contributed by atoms with van der Waals surface area (Å²) in [7, 11) is 0. The normalized spacial score (nSPS) is 19.5. The van der Waals surface area contributed by atoms with Gasteiger partial charge in [0.15, 0.2) is 0 Å². The van der Waals surface area contributed by atoms with Crippen LogP contribution in [0.25, 0.3) is 0 Å². The molecular formula is C19H21FN2S. The Balaban J connectivity index is 1.33. The predicted octanol–water partition coefficient (Wildman–Crippen LogP) is 4.51. The zero-order valence-electron chi connectivity index (χ0n) is 13.0. The number of hydrogen-bond acceptors (Lipinski definition) is 3. The Hall–Kier alpha value is -1.52. The third-order valence-corrected chi connectivity index (χ3v) is 5.84. The lowest BCUT2D eigenvalue weighted by Crippen LogP contribution is -2.61. The molecule has 1 spiro atoms. The molecule has 1 aliphatic heterocycles. The summed E-state index contributed by atoms with van der Waals surface area (Å²) in [5.41, 5.74) is 10.0. The van der Waals surface area contributed by atoms with Crippen LogP contribution in [0.15, 0.2) is 53.4 Å². The Labute approximate surface area is 141 Å². The van der Waals surface area contributed by atoms with Crippen LogP contribution < -0.4 is 10.6 Å². The standard InChI is InChI=1S/C19H21FN2S/c20-23-18-7-3-15(4-8-18)16-9-19(10-16)12-22(13-19)17-5-1-14(11-21)2-6-17/h1-8,16H,9-13,21H2. The number of anilines is 1. The fourth-order valence-electron chi connectivity index (χ4n) is 4.06. The van der Waals surface area contributed by atoms with Crippen LogP contribution in [-0.4, -0.2) is 13.1 Å². The van der Waals surface area contributed by atoms with E-state index in [1.54, 1.807) is 0 Å². The molecule has 2 fully saturated rings. The first-order chi connectivity index (χ1) is 11.2.